The van der Waals surface area contributed by atoms with E-state index in [-0.39, 0.29) is 11.8 Å². The van der Waals surface area contributed by atoms with Crippen molar-refractivity contribution in [3.05, 3.63) is 41.1 Å². The van der Waals surface area contributed by atoms with E-state index in [9.17, 15) is 9.59 Å². The molecule has 0 saturated carbocycles. The van der Waals surface area contributed by atoms with Crippen LogP contribution >= 0.6 is 0 Å². The van der Waals surface area contributed by atoms with Crippen molar-refractivity contribution in [2.24, 2.45) is 0 Å². The second kappa shape index (κ2) is 4.64. The Morgan fingerprint density at radius 3 is 2.50 bits per heavy atom. The zero-order valence-electron chi connectivity index (χ0n) is 10.8. The van der Waals surface area contributed by atoms with E-state index in [0.29, 0.717) is 12.2 Å². The number of hydrogen-bond acceptors (Lipinski definition) is 3. The molecular formula is C14H16N2O2. The summed E-state index contributed by atoms with van der Waals surface area (Å²) >= 11 is 0. The largest absolute Gasteiger partial charge is 0.351 e. The summed E-state index contributed by atoms with van der Waals surface area (Å²) in [6, 6.07) is 5.91. The van der Waals surface area contributed by atoms with Crippen molar-refractivity contribution in [3.63, 3.8) is 0 Å². The number of amides is 2. The second-order valence-electron chi connectivity index (χ2n) is 4.39. The van der Waals surface area contributed by atoms with Gasteiger partial charge in [-0.15, -0.1) is 0 Å². The number of likely N-dealkylation sites (N-methyl/N-ethyl adjacent to an activating group) is 1. The Hall–Kier alpha value is -2.10. The van der Waals surface area contributed by atoms with Crippen molar-refractivity contribution in [2.75, 3.05) is 11.9 Å². The first-order valence-electron chi connectivity index (χ1n) is 5.94. The van der Waals surface area contributed by atoms with Gasteiger partial charge in [-0.3, -0.25) is 14.5 Å². The van der Waals surface area contributed by atoms with Crippen LogP contribution in [0.1, 0.15) is 18.1 Å². The Kier molecular flexibility index (Phi) is 3.19. The Morgan fingerprint density at radius 2 is 1.94 bits per heavy atom. The summed E-state index contributed by atoms with van der Waals surface area (Å²) in [7, 11) is 0. The minimum absolute atomic E-state index is 0.255. The average Bonchev–Trinajstić information content (AvgIpc) is 2.58. The van der Waals surface area contributed by atoms with Gasteiger partial charge in [0.05, 0.1) is 0 Å². The molecule has 1 aliphatic heterocycles. The molecule has 1 aromatic rings. The van der Waals surface area contributed by atoms with E-state index < -0.39 is 0 Å². The molecule has 2 amide bonds. The van der Waals surface area contributed by atoms with Crippen molar-refractivity contribution in [2.45, 2.75) is 20.8 Å². The number of hydrogen-bond donors (Lipinski definition) is 1. The van der Waals surface area contributed by atoms with E-state index in [2.05, 4.69) is 5.32 Å². The van der Waals surface area contributed by atoms with Crippen molar-refractivity contribution >= 4 is 17.5 Å². The summed E-state index contributed by atoms with van der Waals surface area (Å²) in [6.45, 7) is 6.16. The predicted molar refractivity (Wildman–Crippen MR) is 70.0 cm³/mol. The minimum Gasteiger partial charge on any atom is -0.351 e. The maximum absolute atomic E-state index is 11.9. The van der Waals surface area contributed by atoms with Crippen LogP contribution in [-0.4, -0.2) is 23.3 Å². The number of rotatable bonds is 3. The molecule has 1 aromatic carbocycles. The highest BCUT2D eigenvalue weighted by atomic mass is 16.2. The first-order valence-corrected chi connectivity index (χ1v) is 5.94. The number of carbonyl (C=O) groups is 2. The molecule has 4 heteroatoms. The summed E-state index contributed by atoms with van der Waals surface area (Å²) in [6.07, 6.45) is 1.35. The molecule has 1 heterocycles. The fraction of sp³-hybridized carbons (Fsp3) is 0.286. The minimum atomic E-state index is -0.262. The van der Waals surface area contributed by atoms with E-state index in [0.717, 1.165) is 16.8 Å². The lowest BCUT2D eigenvalue weighted by Crippen LogP contribution is -2.31. The van der Waals surface area contributed by atoms with E-state index >= 15 is 0 Å². The van der Waals surface area contributed by atoms with Crippen LogP contribution in [0.25, 0.3) is 0 Å². The summed E-state index contributed by atoms with van der Waals surface area (Å²) in [5.74, 6) is -0.516. The van der Waals surface area contributed by atoms with E-state index in [4.69, 9.17) is 0 Å². The van der Waals surface area contributed by atoms with Crippen LogP contribution < -0.4 is 5.32 Å². The number of nitrogens with zero attached hydrogens (tertiary/aromatic N) is 1. The third-order valence-electron chi connectivity index (χ3n) is 2.98. The van der Waals surface area contributed by atoms with Gasteiger partial charge in [0, 0.05) is 18.3 Å². The van der Waals surface area contributed by atoms with Crippen molar-refractivity contribution in [3.8, 4) is 0 Å². The van der Waals surface area contributed by atoms with Crippen LogP contribution in [0.3, 0.4) is 0 Å². The molecule has 1 N–H and O–H groups in total. The smallest absolute Gasteiger partial charge is 0.277 e. The molecule has 0 aliphatic carbocycles. The molecule has 0 spiro atoms. The SMILES string of the molecule is CCN1C(=O)C=C(Nc2ccc(C)cc2C)C1=O. The van der Waals surface area contributed by atoms with Crippen molar-refractivity contribution in [1.82, 2.24) is 4.90 Å². The Balaban J connectivity index is 2.23. The van der Waals surface area contributed by atoms with Crippen molar-refractivity contribution in [1.29, 1.82) is 0 Å². The fourth-order valence-electron chi connectivity index (χ4n) is 2.00. The van der Waals surface area contributed by atoms with Gasteiger partial charge in [0.25, 0.3) is 11.8 Å². The van der Waals surface area contributed by atoms with Crippen LogP contribution in [-0.2, 0) is 9.59 Å². The first-order chi connectivity index (χ1) is 8.52. The fourth-order valence-corrected chi connectivity index (χ4v) is 2.00. The number of aryl methyl sites for hydroxylation is 2. The van der Waals surface area contributed by atoms with Crippen molar-refractivity contribution < 1.29 is 9.59 Å². The number of anilines is 1. The maximum Gasteiger partial charge on any atom is 0.277 e. The molecule has 0 aromatic heterocycles. The molecule has 94 valence electrons. The number of imide groups is 1. The molecule has 1 aliphatic rings. The van der Waals surface area contributed by atoms with Crippen LogP contribution in [0, 0.1) is 13.8 Å². The zero-order chi connectivity index (χ0) is 13.3. The van der Waals surface area contributed by atoms with Gasteiger partial charge in [-0.05, 0) is 32.4 Å². The molecule has 0 saturated heterocycles. The second-order valence-corrected chi connectivity index (χ2v) is 4.39. The lowest BCUT2D eigenvalue weighted by molar-refractivity contribution is -0.136. The van der Waals surface area contributed by atoms with Gasteiger partial charge in [-0.1, -0.05) is 17.7 Å². The normalized spacial score (nSPS) is 15.1. The van der Waals surface area contributed by atoms with E-state index in [1.807, 2.05) is 32.0 Å². The molecular weight excluding hydrogens is 228 g/mol. The number of carbonyl (C=O) groups excluding carboxylic acids is 2. The standard InChI is InChI=1S/C14H16N2O2/c1-4-16-13(17)8-12(14(16)18)15-11-6-5-9(2)7-10(11)3/h5-8,15H,4H2,1-3H3. The van der Waals surface area contributed by atoms with Gasteiger partial charge in [-0.25, -0.2) is 0 Å². The third-order valence-corrected chi connectivity index (χ3v) is 2.98. The lowest BCUT2D eigenvalue weighted by atomic mass is 10.1. The van der Waals surface area contributed by atoms with Gasteiger partial charge < -0.3 is 5.32 Å². The Morgan fingerprint density at radius 1 is 1.22 bits per heavy atom. The molecule has 18 heavy (non-hydrogen) atoms. The first kappa shape index (κ1) is 12.4. The highest BCUT2D eigenvalue weighted by molar-refractivity contribution is 6.17. The topological polar surface area (TPSA) is 49.4 Å². The van der Waals surface area contributed by atoms with Crippen LogP contribution in [0.2, 0.25) is 0 Å². The highest BCUT2D eigenvalue weighted by Gasteiger charge is 2.29. The molecule has 2 rings (SSSR count). The Labute approximate surface area is 106 Å². The van der Waals surface area contributed by atoms with Crippen LogP contribution in [0.4, 0.5) is 5.69 Å². The highest BCUT2D eigenvalue weighted by Crippen LogP contribution is 2.21. The monoisotopic (exact) mass is 244 g/mol. The van der Waals surface area contributed by atoms with Gasteiger partial charge in [-0.2, -0.15) is 0 Å². The van der Waals surface area contributed by atoms with Gasteiger partial charge >= 0.3 is 0 Å². The van der Waals surface area contributed by atoms with Gasteiger partial charge in [0.1, 0.15) is 5.70 Å². The third kappa shape index (κ3) is 2.14. The lowest BCUT2D eigenvalue weighted by Gasteiger charge is -2.13. The number of nitrogens with one attached hydrogen (secondary N) is 1. The summed E-state index contributed by atoms with van der Waals surface area (Å²) in [4.78, 5) is 24.7. The molecule has 0 radical (unpaired) electrons. The molecule has 0 atom stereocenters. The summed E-state index contributed by atoms with van der Waals surface area (Å²) < 4.78 is 0. The summed E-state index contributed by atoms with van der Waals surface area (Å²) in [5, 5.41) is 3.03. The molecule has 0 fully saturated rings. The zero-order valence-corrected chi connectivity index (χ0v) is 10.8. The predicted octanol–water partition coefficient (Wildman–Crippen LogP) is 1.99. The maximum atomic E-state index is 11.9. The molecule has 4 nitrogen and oxygen atoms in total. The Bertz CT molecular complexity index is 547. The summed E-state index contributed by atoms with van der Waals surface area (Å²) in [5.41, 5.74) is 3.40. The molecule has 0 bridgehead atoms. The average molecular weight is 244 g/mol. The van der Waals surface area contributed by atoms with Crippen LogP contribution in [0.15, 0.2) is 30.0 Å². The van der Waals surface area contributed by atoms with E-state index in [1.54, 1.807) is 6.92 Å². The molecule has 0 unspecified atom stereocenters. The quantitative estimate of drug-likeness (QED) is 0.827. The number of benzene rings is 1. The van der Waals surface area contributed by atoms with E-state index in [1.165, 1.54) is 11.0 Å². The van der Waals surface area contributed by atoms with Gasteiger partial charge in [0.15, 0.2) is 0 Å². The van der Waals surface area contributed by atoms with Crippen LogP contribution in [0.5, 0.6) is 0 Å². The van der Waals surface area contributed by atoms with Gasteiger partial charge in [0.2, 0.25) is 0 Å².